The monoisotopic (exact) mass is 252 g/mol. The van der Waals surface area contributed by atoms with Crippen LogP contribution < -0.4 is 0 Å². The van der Waals surface area contributed by atoms with Crippen molar-refractivity contribution < 1.29 is 8.78 Å². The Balaban J connectivity index is 3.22. The molecule has 4 heteroatoms. The fraction of sp³-hybridized carbons (Fsp3) is 0. The second kappa shape index (κ2) is 4.01. The van der Waals surface area contributed by atoms with Crippen molar-refractivity contribution in [2.45, 2.75) is 0 Å². The van der Waals surface area contributed by atoms with Gasteiger partial charge in [-0.2, -0.15) is 4.39 Å². The van der Waals surface area contributed by atoms with Crippen LogP contribution in [-0.4, -0.2) is 0 Å². The molecule has 0 aromatic heterocycles. The second-order valence-electron chi connectivity index (χ2n) is 2.07. The van der Waals surface area contributed by atoms with E-state index >= 15 is 0 Å². The maximum atomic E-state index is 12.9. The zero-order chi connectivity index (χ0) is 9.14. The Labute approximate surface area is 82.0 Å². The third-order valence-corrected chi connectivity index (χ3v) is 1.81. The summed E-state index contributed by atoms with van der Waals surface area (Å²) in [6, 6.07) is 4.17. The molecule has 0 bridgehead atoms. The predicted molar refractivity (Wildman–Crippen MR) is 49.4 cm³/mol. The quantitative estimate of drug-likeness (QED) is 0.705. The highest BCUT2D eigenvalue weighted by Crippen LogP contribution is 2.23. The van der Waals surface area contributed by atoms with E-state index in [1.165, 1.54) is 18.2 Å². The molecule has 12 heavy (non-hydrogen) atoms. The van der Waals surface area contributed by atoms with Crippen LogP contribution >= 0.6 is 27.5 Å². The summed E-state index contributed by atoms with van der Waals surface area (Å²) in [5.41, 5.74) is 0.0496. The van der Waals surface area contributed by atoms with Crippen LogP contribution in [0.2, 0.25) is 5.02 Å². The molecular formula is C8H4BrClF2. The van der Waals surface area contributed by atoms with E-state index in [1.807, 2.05) is 0 Å². The van der Waals surface area contributed by atoms with E-state index in [1.54, 1.807) is 0 Å². The molecule has 0 aliphatic carbocycles. The smallest absolute Gasteiger partial charge is 0.166 e. The van der Waals surface area contributed by atoms with Crippen LogP contribution in [0.4, 0.5) is 8.78 Å². The summed E-state index contributed by atoms with van der Waals surface area (Å²) < 4.78 is 24.5. The zero-order valence-electron chi connectivity index (χ0n) is 5.82. The summed E-state index contributed by atoms with van der Waals surface area (Å²) in [5.74, 6) is -0.544. The molecular weight excluding hydrogens is 249 g/mol. The zero-order valence-corrected chi connectivity index (χ0v) is 8.16. The van der Waals surface area contributed by atoms with Gasteiger partial charge in [-0.25, -0.2) is 4.39 Å². The van der Waals surface area contributed by atoms with E-state index in [9.17, 15) is 8.78 Å². The Morgan fingerprint density at radius 3 is 2.67 bits per heavy atom. The molecule has 1 aromatic carbocycles. The first kappa shape index (κ1) is 9.68. The molecule has 0 saturated carbocycles. The highest BCUT2D eigenvalue weighted by Gasteiger charge is 2.03. The Morgan fingerprint density at radius 2 is 2.17 bits per heavy atom. The standard InChI is InChI=1S/C8H4BrClF2/c9-8(12)4-5-6(10)2-1-3-7(5)11/h1-4H. The van der Waals surface area contributed by atoms with Gasteiger partial charge in [-0.1, -0.05) is 17.7 Å². The van der Waals surface area contributed by atoms with Crippen LogP contribution in [0.25, 0.3) is 6.08 Å². The van der Waals surface area contributed by atoms with Gasteiger partial charge in [0.05, 0.1) is 5.02 Å². The second-order valence-corrected chi connectivity index (χ2v) is 3.23. The van der Waals surface area contributed by atoms with Crippen molar-refractivity contribution in [2.24, 2.45) is 0 Å². The molecule has 64 valence electrons. The fourth-order valence-electron chi connectivity index (χ4n) is 0.758. The largest absolute Gasteiger partial charge is 0.206 e. The normalized spacial score (nSPS) is 11.8. The highest BCUT2D eigenvalue weighted by atomic mass is 79.9. The summed E-state index contributed by atoms with van der Waals surface area (Å²) in [6.45, 7) is 0. The number of benzene rings is 1. The van der Waals surface area contributed by atoms with Gasteiger partial charge in [0.1, 0.15) is 5.82 Å². The molecule has 1 aromatic rings. The highest BCUT2D eigenvalue weighted by molar-refractivity contribution is 9.11. The molecule has 0 fully saturated rings. The Kier molecular flexibility index (Phi) is 3.23. The number of halogens is 4. The van der Waals surface area contributed by atoms with Crippen molar-refractivity contribution in [3.8, 4) is 0 Å². The summed E-state index contributed by atoms with van der Waals surface area (Å²) in [5, 5.41) is 0.185. The minimum atomic E-state index is -0.658. The molecule has 0 N–H and O–H groups in total. The van der Waals surface area contributed by atoms with Gasteiger partial charge in [0, 0.05) is 5.56 Å². The lowest BCUT2D eigenvalue weighted by Crippen LogP contribution is -1.82. The molecule has 0 aliphatic rings. The lowest BCUT2D eigenvalue weighted by Gasteiger charge is -1.98. The number of hydrogen-bond acceptors (Lipinski definition) is 0. The molecule has 0 saturated heterocycles. The molecule has 0 heterocycles. The summed E-state index contributed by atoms with van der Waals surface area (Å²) in [4.78, 5) is 0. The first-order chi connectivity index (χ1) is 5.61. The van der Waals surface area contributed by atoms with E-state index in [4.69, 9.17) is 11.6 Å². The van der Waals surface area contributed by atoms with Gasteiger partial charge >= 0.3 is 0 Å². The maximum Gasteiger partial charge on any atom is 0.166 e. The van der Waals surface area contributed by atoms with Gasteiger partial charge < -0.3 is 0 Å². The van der Waals surface area contributed by atoms with Crippen LogP contribution in [0, 0.1) is 5.82 Å². The topological polar surface area (TPSA) is 0 Å². The van der Waals surface area contributed by atoms with Gasteiger partial charge in [-0.15, -0.1) is 0 Å². The van der Waals surface area contributed by atoms with Gasteiger partial charge in [-0.05, 0) is 34.1 Å². The van der Waals surface area contributed by atoms with Crippen LogP contribution in [0.1, 0.15) is 5.56 Å². The third-order valence-electron chi connectivity index (χ3n) is 1.25. The molecule has 0 atom stereocenters. The van der Waals surface area contributed by atoms with Gasteiger partial charge in [0.25, 0.3) is 0 Å². The van der Waals surface area contributed by atoms with Crippen LogP contribution in [0.5, 0.6) is 0 Å². The SMILES string of the molecule is FC(Br)=Cc1c(F)cccc1Cl. The van der Waals surface area contributed by atoms with Gasteiger partial charge in [0.15, 0.2) is 4.74 Å². The minimum Gasteiger partial charge on any atom is -0.206 e. The van der Waals surface area contributed by atoms with Crippen molar-refractivity contribution in [3.05, 3.63) is 39.3 Å². The molecule has 0 spiro atoms. The number of hydrogen-bond donors (Lipinski definition) is 0. The average molecular weight is 253 g/mol. The predicted octanol–water partition coefficient (Wildman–Crippen LogP) is 4.14. The minimum absolute atomic E-state index is 0.0496. The molecule has 0 aliphatic heterocycles. The summed E-state index contributed by atoms with van der Waals surface area (Å²) >= 11 is 8.15. The lowest BCUT2D eigenvalue weighted by molar-refractivity contribution is 0.624. The van der Waals surface area contributed by atoms with Crippen molar-refractivity contribution >= 4 is 33.6 Å². The molecule has 0 amide bonds. The van der Waals surface area contributed by atoms with E-state index in [0.29, 0.717) is 0 Å². The first-order valence-electron chi connectivity index (χ1n) is 3.08. The lowest BCUT2D eigenvalue weighted by atomic mass is 10.2. The summed E-state index contributed by atoms with van der Waals surface area (Å²) in [7, 11) is 0. The van der Waals surface area contributed by atoms with E-state index in [0.717, 1.165) is 6.08 Å². The van der Waals surface area contributed by atoms with Crippen LogP contribution in [-0.2, 0) is 0 Å². The third kappa shape index (κ3) is 2.29. The van der Waals surface area contributed by atoms with Gasteiger partial charge in [0.2, 0.25) is 0 Å². The van der Waals surface area contributed by atoms with E-state index in [2.05, 4.69) is 15.9 Å². The fourth-order valence-corrected chi connectivity index (χ4v) is 1.20. The molecule has 0 unspecified atom stereocenters. The van der Waals surface area contributed by atoms with Crippen molar-refractivity contribution in [2.75, 3.05) is 0 Å². The van der Waals surface area contributed by atoms with Crippen LogP contribution in [0.15, 0.2) is 22.9 Å². The van der Waals surface area contributed by atoms with Crippen molar-refractivity contribution in [1.82, 2.24) is 0 Å². The Bertz CT molecular complexity index is 299. The Morgan fingerprint density at radius 1 is 1.50 bits per heavy atom. The van der Waals surface area contributed by atoms with Gasteiger partial charge in [-0.3, -0.25) is 0 Å². The van der Waals surface area contributed by atoms with E-state index in [-0.39, 0.29) is 10.6 Å². The molecule has 0 nitrogen and oxygen atoms in total. The van der Waals surface area contributed by atoms with Crippen molar-refractivity contribution in [3.63, 3.8) is 0 Å². The van der Waals surface area contributed by atoms with Crippen molar-refractivity contribution in [1.29, 1.82) is 0 Å². The number of rotatable bonds is 1. The molecule has 1 rings (SSSR count). The average Bonchev–Trinajstić information content (AvgIpc) is 1.97. The van der Waals surface area contributed by atoms with E-state index < -0.39 is 10.6 Å². The summed E-state index contributed by atoms with van der Waals surface area (Å²) in [6.07, 6.45) is 0.984. The molecule has 0 radical (unpaired) electrons. The maximum absolute atomic E-state index is 12.9. The Hall–Kier alpha value is -0.410. The first-order valence-corrected chi connectivity index (χ1v) is 4.25. The van der Waals surface area contributed by atoms with Crippen LogP contribution in [0.3, 0.4) is 0 Å².